The Bertz CT molecular complexity index is 181. The zero-order valence-electron chi connectivity index (χ0n) is 11.1. The summed E-state index contributed by atoms with van der Waals surface area (Å²) >= 11 is 0. The standard InChI is InChI=1S/C13H28N2/c1-11(2)10-12(3)15-8-6-13(4,14-5)7-9-15/h11-12,14H,6-10H2,1-5H3. The molecule has 0 aliphatic carbocycles. The van der Waals surface area contributed by atoms with Crippen molar-refractivity contribution in [1.29, 1.82) is 0 Å². The molecule has 0 aromatic heterocycles. The van der Waals surface area contributed by atoms with Crippen LogP contribution in [0.4, 0.5) is 0 Å². The predicted molar refractivity (Wildman–Crippen MR) is 67.2 cm³/mol. The summed E-state index contributed by atoms with van der Waals surface area (Å²) in [6, 6.07) is 0.756. The van der Waals surface area contributed by atoms with Crippen molar-refractivity contribution in [1.82, 2.24) is 10.2 Å². The predicted octanol–water partition coefficient (Wildman–Crippen LogP) is 2.49. The summed E-state index contributed by atoms with van der Waals surface area (Å²) in [6.07, 6.45) is 3.90. The van der Waals surface area contributed by atoms with Crippen LogP contribution in [-0.4, -0.2) is 36.6 Å². The van der Waals surface area contributed by atoms with Gasteiger partial charge in [-0.05, 0) is 46.1 Å². The van der Waals surface area contributed by atoms with Crippen molar-refractivity contribution in [2.75, 3.05) is 20.1 Å². The molecule has 1 aliphatic heterocycles. The summed E-state index contributed by atoms with van der Waals surface area (Å²) in [6.45, 7) is 11.9. The van der Waals surface area contributed by atoms with Gasteiger partial charge in [0.25, 0.3) is 0 Å². The molecule has 15 heavy (non-hydrogen) atoms. The molecule has 0 aromatic carbocycles. The highest BCUT2D eigenvalue weighted by atomic mass is 15.2. The van der Waals surface area contributed by atoms with Gasteiger partial charge in [0.15, 0.2) is 0 Å². The number of likely N-dealkylation sites (tertiary alicyclic amines) is 1. The Morgan fingerprint density at radius 3 is 2.13 bits per heavy atom. The first-order valence-corrected chi connectivity index (χ1v) is 6.40. The number of hydrogen-bond donors (Lipinski definition) is 1. The molecule has 1 saturated heterocycles. The first-order chi connectivity index (χ1) is 6.97. The summed E-state index contributed by atoms with van der Waals surface area (Å²) < 4.78 is 0. The molecule has 0 aromatic rings. The molecule has 0 bridgehead atoms. The molecule has 90 valence electrons. The van der Waals surface area contributed by atoms with Gasteiger partial charge in [-0.15, -0.1) is 0 Å². The summed E-state index contributed by atoms with van der Waals surface area (Å²) in [5.41, 5.74) is 0.383. The van der Waals surface area contributed by atoms with E-state index in [1.165, 1.54) is 32.4 Å². The quantitative estimate of drug-likeness (QED) is 0.770. The highest BCUT2D eigenvalue weighted by molar-refractivity contribution is 4.89. The van der Waals surface area contributed by atoms with E-state index in [1.54, 1.807) is 0 Å². The molecule has 1 fully saturated rings. The second kappa shape index (κ2) is 5.31. The smallest absolute Gasteiger partial charge is 0.0174 e. The number of nitrogens with zero attached hydrogens (tertiary/aromatic N) is 1. The van der Waals surface area contributed by atoms with Gasteiger partial charge in [-0.2, -0.15) is 0 Å². The van der Waals surface area contributed by atoms with Crippen molar-refractivity contribution in [2.45, 2.75) is 58.5 Å². The van der Waals surface area contributed by atoms with Crippen LogP contribution >= 0.6 is 0 Å². The van der Waals surface area contributed by atoms with E-state index in [0.717, 1.165) is 12.0 Å². The lowest BCUT2D eigenvalue weighted by atomic mass is 9.88. The molecule has 1 rings (SSSR count). The highest BCUT2D eigenvalue weighted by Crippen LogP contribution is 2.24. The van der Waals surface area contributed by atoms with Crippen LogP contribution in [-0.2, 0) is 0 Å². The Morgan fingerprint density at radius 1 is 1.20 bits per heavy atom. The average molecular weight is 212 g/mol. The lowest BCUT2D eigenvalue weighted by Crippen LogP contribution is -2.52. The van der Waals surface area contributed by atoms with E-state index in [2.05, 4.69) is 45.0 Å². The largest absolute Gasteiger partial charge is 0.314 e. The maximum absolute atomic E-state index is 3.45. The van der Waals surface area contributed by atoms with Crippen molar-refractivity contribution in [3.8, 4) is 0 Å². The van der Waals surface area contributed by atoms with Crippen LogP contribution in [0.1, 0.15) is 47.0 Å². The molecule has 1 N–H and O–H groups in total. The summed E-state index contributed by atoms with van der Waals surface area (Å²) in [5, 5.41) is 3.45. The minimum atomic E-state index is 0.383. The SMILES string of the molecule is CNC1(C)CCN(C(C)CC(C)C)CC1. The van der Waals surface area contributed by atoms with Gasteiger partial charge in [-0.1, -0.05) is 13.8 Å². The van der Waals surface area contributed by atoms with Gasteiger partial charge < -0.3 is 10.2 Å². The zero-order valence-corrected chi connectivity index (χ0v) is 11.1. The van der Waals surface area contributed by atoms with E-state index < -0.39 is 0 Å². The Balaban J connectivity index is 2.36. The second-order valence-electron chi connectivity index (χ2n) is 5.83. The van der Waals surface area contributed by atoms with Gasteiger partial charge in [0.05, 0.1) is 0 Å². The molecule has 1 atom stereocenters. The third-order valence-corrected chi connectivity index (χ3v) is 3.94. The summed E-state index contributed by atoms with van der Waals surface area (Å²) in [5.74, 6) is 0.817. The topological polar surface area (TPSA) is 15.3 Å². The fourth-order valence-corrected chi connectivity index (χ4v) is 2.54. The van der Waals surface area contributed by atoms with Crippen molar-refractivity contribution in [3.05, 3.63) is 0 Å². The van der Waals surface area contributed by atoms with Gasteiger partial charge in [-0.25, -0.2) is 0 Å². The molecular weight excluding hydrogens is 184 g/mol. The van der Waals surface area contributed by atoms with E-state index in [9.17, 15) is 0 Å². The average Bonchev–Trinajstić information content (AvgIpc) is 2.18. The van der Waals surface area contributed by atoms with Gasteiger partial charge in [-0.3, -0.25) is 0 Å². The van der Waals surface area contributed by atoms with E-state index in [0.29, 0.717) is 5.54 Å². The van der Waals surface area contributed by atoms with Crippen LogP contribution in [0.25, 0.3) is 0 Å². The van der Waals surface area contributed by atoms with Crippen molar-refractivity contribution >= 4 is 0 Å². The molecule has 0 spiro atoms. The fraction of sp³-hybridized carbons (Fsp3) is 1.00. The second-order valence-corrected chi connectivity index (χ2v) is 5.83. The molecule has 2 heteroatoms. The molecule has 1 heterocycles. The lowest BCUT2D eigenvalue weighted by Gasteiger charge is -2.42. The minimum absolute atomic E-state index is 0.383. The lowest BCUT2D eigenvalue weighted by molar-refractivity contribution is 0.107. The van der Waals surface area contributed by atoms with Gasteiger partial charge in [0, 0.05) is 24.7 Å². The number of piperidine rings is 1. The first kappa shape index (κ1) is 13.0. The number of hydrogen-bond acceptors (Lipinski definition) is 2. The Kier molecular flexibility index (Phi) is 4.60. The molecule has 1 unspecified atom stereocenters. The van der Waals surface area contributed by atoms with E-state index >= 15 is 0 Å². The Morgan fingerprint density at radius 2 is 1.73 bits per heavy atom. The number of nitrogens with one attached hydrogen (secondary N) is 1. The number of rotatable bonds is 4. The van der Waals surface area contributed by atoms with Crippen molar-refractivity contribution in [2.24, 2.45) is 5.92 Å². The molecule has 1 aliphatic rings. The normalized spacial score (nSPS) is 24.4. The fourth-order valence-electron chi connectivity index (χ4n) is 2.54. The molecule has 2 nitrogen and oxygen atoms in total. The highest BCUT2D eigenvalue weighted by Gasteiger charge is 2.29. The minimum Gasteiger partial charge on any atom is -0.314 e. The van der Waals surface area contributed by atoms with E-state index in [-0.39, 0.29) is 0 Å². The van der Waals surface area contributed by atoms with Crippen LogP contribution in [0.5, 0.6) is 0 Å². The summed E-state index contributed by atoms with van der Waals surface area (Å²) in [4.78, 5) is 2.65. The maximum atomic E-state index is 3.45. The Hall–Kier alpha value is -0.0800. The van der Waals surface area contributed by atoms with Gasteiger partial charge in [0.2, 0.25) is 0 Å². The van der Waals surface area contributed by atoms with E-state index in [4.69, 9.17) is 0 Å². The van der Waals surface area contributed by atoms with Crippen LogP contribution in [0.2, 0.25) is 0 Å². The van der Waals surface area contributed by atoms with Gasteiger partial charge in [0.1, 0.15) is 0 Å². The first-order valence-electron chi connectivity index (χ1n) is 6.40. The van der Waals surface area contributed by atoms with Crippen LogP contribution in [0.15, 0.2) is 0 Å². The van der Waals surface area contributed by atoms with Crippen LogP contribution in [0, 0.1) is 5.92 Å². The third-order valence-electron chi connectivity index (χ3n) is 3.94. The Labute approximate surface area is 95.4 Å². The van der Waals surface area contributed by atoms with Crippen LogP contribution in [0.3, 0.4) is 0 Å². The van der Waals surface area contributed by atoms with Crippen molar-refractivity contribution in [3.63, 3.8) is 0 Å². The van der Waals surface area contributed by atoms with E-state index in [1.807, 2.05) is 0 Å². The van der Waals surface area contributed by atoms with Crippen molar-refractivity contribution < 1.29 is 0 Å². The molecule has 0 saturated carbocycles. The summed E-state index contributed by atoms with van der Waals surface area (Å²) in [7, 11) is 2.09. The maximum Gasteiger partial charge on any atom is 0.0174 e. The molecule has 0 radical (unpaired) electrons. The molecular formula is C13H28N2. The molecule has 0 amide bonds. The monoisotopic (exact) mass is 212 g/mol. The third kappa shape index (κ3) is 3.76. The zero-order chi connectivity index (χ0) is 11.5. The van der Waals surface area contributed by atoms with Gasteiger partial charge >= 0.3 is 0 Å². The van der Waals surface area contributed by atoms with Crippen LogP contribution < -0.4 is 5.32 Å².